The monoisotopic (exact) mass is 341 g/mol. The van der Waals surface area contributed by atoms with Crippen molar-refractivity contribution in [3.63, 3.8) is 0 Å². The van der Waals surface area contributed by atoms with Gasteiger partial charge in [0.25, 0.3) is 0 Å². The fourth-order valence-electron chi connectivity index (χ4n) is 2.98. The Morgan fingerprint density at radius 3 is 2.75 bits per heavy atom. The zero-order valence-corrected chi connectivity index (χ0v) is 14.7. The summed E-state index contributed by atoms with van der Waals surface area (Å²) in [6.07, 6.45) is 2.48. The molecular formula is C18H19N3O2S. The molecule has 0 amide bonds. The van der Waals surface area contributed by atoms with Crippen LogP contribution in [0.4, 0.5) is 11.5 Å². The molecule has 124 valence electrons. The Labute approximate surface area is 144 Å². The molecule has 0 saturated heterocycles. The van der Waals surface area contributed by atoms with Crippen LogP contribution in [0.5, 0.6) is 5.75 Å². The van der Waals surface area contributed by atoms with Crippen molar-refractivity contribution in [1.82, 2.24) is 9.97 Å². The number of anilines is 2. The highest BCUT2D eigenvalue weighted by Crippen LogP contribution is 2.41. The van der Waals surface area contributed by atoms with Gasteiger partial charge in [0.2, 0.25) is 0 Å². The zero-order valence-electron chi connectivity index (χ0n) is 13.9. The quantitative estimate of drug-likeness (QED) is 0.770. The summed E-state index contributed by atoms with van der Waals surface area (Å²) in [6, 6.07) is 7.83. The fraction of sp³-hybridized carbons (Fsp3) is 0.333. The van der Waals surface area contributed by atoms with E-state index in [0.717, 1.165) is 33.9 Å². The molecule has 1 aliphatic heterocycles. The number of nitrogens with one attached hydrogen (secondary N) is 1. The molecule has 0 radical (unpaired) electrons. The summed E-state index contributed by atoms with van der Waals surface area (Å²) >= 11 is 1.70. The molecular weight excluding hydrogens is 322 g/mol. The number of nitrogens with zero attached hydrogens (tertiary/aromatic N) is 2. The zero-order chi connectivity index (χ0) is 16.7. The Morgan fingerprint density at radius 2 is 2.00 bits per heavy atom. The average molecular weight is 341 g/mol. The van der Waals surface area contributed by atoms with Crippen molar-refractivity contribution >= 4 is 33.1 Å². The Balaban J connectivity index is 1.76. The Hall–Kier alpha value is -2.18. The molecule has 3 aromatic rings. The third kappa shape index (κ3) is 2.72. The number of ether oxygens (including phenoxy) is 2. The van der Waals surface area contributed by atoms with Crippen molar-refractivity contribution in [2.24, 2.45) is 0 Å². The van der Waals surface area contributed by atoms with Crippen LogP contribution >= 0.6 is 11.3 Å². The largest absolute Gasteiger partial charge is 0.497 e. The van der Waals surface area contributed by atoms with Crippen molar-refractivity contribution in [2.75, 3.05) is 12.4 Å². The van der Waals surface area contributed by atoms with E-state index in [0.29, 0.717) is 6.61 Å². The van der Waals surface area contributed by atoms with Gasteiger partial charge in [0.15, 0.2) is 0 Å². The van der Waals surface area contributed by atoms with Crippen LogP contribution in [-0.2, 0) is 17.8 Å². The molecule has 0 saturated carbocycles. The molecule has 0 unspecified atom stereocenters. The van der Waals surface area contributed by atoms with E-state index in [2.05, 4.69) is 29.1 Å². The molecule has 3 heterocycles. The van der Waals surface area contributed by atoms with E-state index in [1.165, 1.54) is 10.4 Å². The predicted molar refractivity (Wildman–Crippen MR) is 96.3 cm³/mol. The van der Waals surface area contributed by atoms with E-state index in [4.69, 9.17) is 9.47 Å². The highest BCUT2D eigenvalue weighted by molar-refractivity contribution is 7.18. The van der Waals surface area contributed by atoms with Crippen molar-refractivity contribution in [3.8, 4) is 5.75 Å². The molecule has 0 aliphatic carbocycles. The summed E-state index contributed by atoms with van der Waals surface area (Å²) in [4.78, 5) is 11.2. The third-order valence-electron chi connectivity index (χ3n) is 4.22. The van der Waals surface area contributed by atoms with Gasteiger partial charge in [-0.2, -0.15) is 0 Å². The SMILES string of the molecule is COc1ccc(Nc2ncnc3sc4c(c23)CC(C)(C)OC4)cc1. The molecule has 0 spiro atoms. The summed E-state index contributed by atoms with van der Waals surface area (Å²) in [5.74, 6) is 1.68. The molecule has 2 aromatic heterocycles. The molecule has 1 aliphatic rings. The first-order valence-electron chi connectivity index (χ1n) is 7.86. The number of fused-ring (bicyclic) bond motifs is 3. The normalized spacial score (nSPS) is 16.0. The maximum atomic E-state index is 5.93. The van der Waals surface area contributed by atoms with Gasteiger partial charge < -0.3 is 14.8 Å². The maximum absolute atomic E-state index is 5.93. The van der Waals surface area contributed by atoms with Crippen molar-refractivity contribution in [2.45, 2.75) is 32.5 Å². The van der Waals surface area contributed by atoms with Gasteiger partial charge in [0.05, 0.1) is 24.7 Å². The van der Waals surface area contributed by atoms with E-state index in [1.807, 2.05) is 24.3 Å². The summed E-state index contributed by atoms with van der Waals surface area (Å²) in [7, 11) is 1.66. The second-order valence-electron chi connectivity index (χ2n) is 6.48. The number of aromatic nitrogens is 2. The minimum Gasteiger partial charge on any atom is -0.497 e. The first-order chi connectivity index (χ1) is 11.6. The number of rotatable bonds is 3. The predicted octanol–water partition coefficient (Wildman–Crippen LogP) is 4.29. The second-order valence-corrected chi connectivity index (χ2v) is 7.57. The molecule has 4 rings (SSSR count). The van der Waals surface area contributed by atoms with Crippen LogP contribution in [0.2, 0.25) is 0 Å². The first-order valence-corrected chi connectivity index (χ1v) is 8.68. The van der Waals surface area contributed by atoms with Crippen LogP contribution in [-0.4, -0.2) is 22.7 Å². The Morgan fingerprint density at radius 1 is 1.21 bits per heavy atom. The van der Waals surface area contributed by atoms with Crippen LogP contribution in [0.25, 0.3) is 10.2 Å². The number of hydrogen-bond donors (Lipinski definition) is 1. The Kier molecular flexibility index (Phi) is 3.66. The molecule has 24 heavy (non-hydrogen) atoms. The van der Waals surface area contributed by atoms with E-state index < -0.39 is 0 Å². The van der Waals surface area contributed by atoms with E-state index in [-0.39, 0.29) is 5.60 Å². The Bertz CT molecular complexity index is 887. The lowest BCUT2D eigenvalue weighted by Crippen LogP contribution is -2.31. The minimum absolute atomic E-state index is 0.159. The maximum Gasteiger partial charge on any atom is 0.142 e. The lowest BCUT2D eigenvalue weighted by Gasteiger charge is -2.30. The average Bonchev–Trinajstić information content (AvgIpc) is 2.93. The van der Waals surface area contributed by atoms with Gasteiger partial charge >= 0.3 is 0 Å². The van der Waals surface area contributed by atoms with Crippen LogP contribution in [0.15, 0.2) is 30.6 Å². The molecule has 1 N–H and O–H groups in total. The van der Waals surface area contributed by atoms with Gasteiger partial charge in [-0.15, -0.1) is 11.3 Å². The summed E-state index contributed by atoms with van der Waals surface area (Å²) < 4.78 is 11.1. The van der Waals surface area contributed by atoms with Gasteiger partial charge in [-0.1, -0.05) is 0 Å². The topological polar surface area (TPSA) is 56.3 Å². The lowest BCUT2D eigenvalue weighted by atomic mass is 9.94. The van der Waals surface area contributed by atoms with Gasteiger partial charge in [0.1, 0.15) is 22.7 Å². The van der Waals surface area contributed by atoms with Crippen LogP contribution < -0.4 is 10.1 Å². The fourth-order valence-corrected chi connectivity index (χ4v) is 4.05. The summed E-state index contributed by atoms with van der Waals surface area (Å²) in [5, 5.41) is 4.54. The van der Waals surface area contributed by atoms with E-state index in [9.17, 15) is 0 Å². The van der Waals surface area contributed by atoms with Crippen LogP contribution in [0.1, 0.15) is 24.3 Å². The van der Waals surface area contributed by atoms with Crippen LogP contribution in [0.3, 0.4) is 0 Å². The summed E-state index contributed by atoms with van der Waals surface area (Å²) in [5.41, 5.74) is 2.12. The number of thiophene rings is 1. The van der Waals surface area contributed by atoms with Gasteiger partial charge in [-0.3, -0.25) is 0 Å². The number of methoxy groups -OCH3 is 1. The lowest BCUT2D eigenvalue weighted by molar-refractivity contribution is -0.0379. The van der Waals surface area contributed by atoms with Gasteiger partial charge in [0, 0.05) is 17.0 Å². The van der Waals surface area contributed by atoms with Crippen LogP contribution in [0, 0.1) is 0 Å². The second kappa shape index (κ2) is 5.72. The minimum atomic E-state index is -0.159. The highest BCUT2D eigenvalue weighted by Gasteiger charge is 2.30. The van der Waals surface area contributed by atoms with Gasteiger partial charge in [-0.05, 0) is 43.7 Å². The third-order valence-corrected chi connectivity index (χ3v) is 5.33. The highest BCUT2D eigenvalue weighted by atomic mass is 32.1. The smallest absolute Gasteiger partial charge is 0.142 e. The van der Waals surface area contributed by atoms with Crippen molar-refractivity contribution < 1.29 is 9.47 Å². The first kappa shape index (κ1) is 15.4. The molecule has 1 aromatic carbocycles. The number of benzene rings is 1. The molecule has 0 fully saturated rings. The van der Waals surface area contributed by atoms with Gasteiger partial charge in [-0.25, -0.2) is 9.97 Å². The van der Waals surface area contributed by atoms with E-state index in [1.54, 1.807) is 24.8 Å². The van der Waals surface area contributed by atoms with Crippen molar-refractivity contribution in [1.29, 1.82) is 0 Å². The van der Waals surface area contributed by atoms with Crippen molar-refractivity contribution in [3.05, 3.63) is 41.0 Å². The van der Waals surface area contributed by atoms with E-state index >= 15 is 0 Å². The number of hydrogen-bond acceptors (Lipinski definition) is 6. The molecule has 0 bridgehead atoms. The standard InChI is InChI=1S/C18H19N3O2S/c1-18(2)8-13-14(9-23-18)24-17-15(13)16(19-10-20-17)21-11-4-6-12(22-3)7-5-11/h4-7,10H,8-9H2,1-3H3,(H,19,20,21). The molecule has 6 heteroatoms. The molecule has 5 nitrogen and oxygen atoms in total. The molecule has 0 atom stereocenters. The summed E-state index contributed by atoms with van der Waals surface area (Å²) in [6.45, 7) is 4.89.